The van der Waals surface area contributed by atoms with Gasteiger partial charge in [-0.2, -0.15) is 0 Å². The van der Waals surface area contributed by atoms with E-state index >= 15 is 0 Å². The largest absolute Gasteiger partial charge is 0.475 e. The van der Waals surface area contributed by atoms with Crippen molar-refractivity contribution in [2.45, 2.75) is 32.2 Å². The second kappa shape index (κ2) is 7.35. The second-order valence-corrected chi connectivity index (χ2v) is 7.18. The normalized spacial score (nSPS) is 13.8. The van der Waals surface area contributed by atoms with Gasteiger partial charge in [0.15, 0.2) is 0 Å². The molecule has 0 spiro atoms. The number of hydrogen-bond donors (Lipinski definition) is 3. The lowest BCUT2D eigenvalue weighted by Crippen LogP contribution is -2.15. The molecule has 1 atom stereocenters. The van der Waals surface area contributed by atoms with Gasteiger partial charge >= 0.3 is 5.97 Å². The van der Waals surface area contributed by atoms with E-state index in [1.165, 1.54) is 28.3 Å². The molecule has 26 heavy (non-hydrogen) atoms. The molecule has 2 aromatic heterocycles. The predicted octanol–water partition coefficient (Wildman–Crippen LogP) is 3.02. The van der Waals surface area contributed by atoms with Crippen molar-refractivity contribution in [3.05, 3.63) is 62.3 Å². The topological polar surface area (TPSA) is 109 Å². The lowest BCUT2D eigenvalue weighted by molar-refractivity contribution is 0.0683. The summed E-state index contributed by atoms with van der Waals surface area (Å²) in [5.41, 5.74) is 7.23. The molecule has 0 aliphatic heterocycles. The zero-order valence-electron chi connectivity index (χ0n) is 14.1. The van der Waals surface area contributed by atoms with Crippen LogP contribution in [0.4, 0.5) is 4.39 Å². The smallest absolute Gasteiger partial charge is 0.372 e. The summed E-state index contributed by atoms with van der Waals surface area (Å²) >= 11 is 1.44. The van der Waals surface area contributed by atoms with E-state index in [1.54, 1.807) is 12.1 Å². The van der Waals surface area contributed by atoms with E-state index in [0.29, 0.717) is 10.2 Å². The lowest BCUT2D eigenvalue weighted by atomic mass is 10.1. The summed E-state index contributed by atoms with van der Waals surface area (Å²) in [6.07, 6.45) is 2.93. The Balaban J connectivity index is 0.000000170. The van der Waals surface area contributed by atoms with Gasteiger partial charge in [-0.3, -0.25) is 4.79 Å². The van der Waals surface area contributed by atoms with E-state index in [1.807, 2.05) is 6.92 Å². The Morgan fingerprint density at radius 3 is 2.65 bits per heavy atom. The van der Waals surface area contributed by atoms with Crippen molar-refractivity contribution < 1.29 is 14.3 Å². The number of halogens is 1. The summed E-state index contributed by atoms with van der Waals surface area (Å²) in [7, 11) is 0. The standard InChI is InChI=1S/C10H8N2O3S.C8H10FN/c13-8-6-4-2-1-3-5(4)16-9(6)12-7(11-8)10(14)15;1-6(10)7-2-4-8(9)5-3-7/h1-3H2,(H,14,15)(H,11,12,13);2-6H,10H2,1H3/t;6-/m.0/s1. The van der Waals surface area contributed by atoms with Gasteiger partial charge in [0, 0.05) is 10.9 Å². The Kier molecular flexibility index (Phi) is 5.15. The Bertz CT molecular complexity index is 1010. The maximum Gasteiger partial charge on any atom is 0.372 e. The summed E-state index contributed by atoms with van der Waals surface area (Å²) in [4.78, 5) is 30.5. The van der Waals surface area contributed by atoms with E-state index in [9.17, 15) is 14.0 Å². The third-order valence-electron chi connectivity index (χ3n) is 4.17. The first kappa shape index (κ1) is 18.2. The second-order valence-electron chi connectivity index (χ2n) is 6.10. The zero-order chi connectivity index (χ0) is 18.8. The van der Waals surface area contributed by atoms with E-state index in [-0.39, 0.29) is 23.2 Å². The number of aryl methyl sites for hydroxylation is 2. The molecular formula is C18H18FN3O3S. The SMILES string of the molecule is C[C@H](N)c1ccc(F)cc1.O=C(O)c1nc2sc3c(c2c(=O)[nH]1)CCC3. The van der Waals surface area contributed by atoms with E-state index in [0.717, 1.165) is 30.4 Å². The molecule has 1 aromatic carbocycles. The number of aromatic amines is 1. The number of carbonyl (C=O) groups is 1. The van der Waals surface area contributed by atoms with Gasteiger partial charge in [0.1, 0.15) is 10.6 Å². The number of nitrogens with two attached hydrogens (primary N) is 1. The van der Waals surface area contributed by atoms with Crippen LogP contribution in [0.25, 0.3) is 10.2 Å². The number of thiophene rings is 1. The van der Waals surface area contributed by atoms with Crippen LogP contribution in [0.2, 0.25) is 0 Å². The minimum absolute atomic E-state index is 0.0133. The molecule has 3 aromatic rings. The van der Waals surface area contributed by atoms with Crippen LogP contribution in [0.1, 0.15) is 46.0 Å². The van der Waals surface area contributed by atoms with E-state index in [2.05, 4.69) is 9.97 Å². The zero-order valence-corrected chi connectivity index (χ0v) is 14.9. The first-order valence-corrected chi connectivity index (χ1v) is 8.97. The van der Waals surface area contributed by atoms with Gasteiger partial charge in [0.2, 0.25) is 5.82 Å². The van der Waals surface area contributed by atoms with Gasteiger partial charge in [0.25, 0.3) is 5.56 Å². The molecular weight excluding hydrogens is 357 g/mol. The van der Waals surface area contributed by atoms with Gasteiger partial charge in [0.05, 0.1) is 5.39 Å². The third kappa shape index (κ3) is 3.66. The molecule has 8 heteroatoms. The number of carboxylic acid groups (broad SMARTS) is 1. The monoisotopic (exact) mass is 375 g/mol. The summed E-state index contributed by atoms with van der Waals surface area (Å²) < 4.78 is 12.3. The molecule has 2 heterocycles. The first-order valence-electron chi connectivity index (χ1n) is 8.15. The highest BCUT2D eigenvalue weighted by Gasteiger charge is 2.22. The fourth-order valence-corrected chi connectivity index (χ4v) is 4.13. The number of carboxylic acids is 1. The molecule has 0 amide bonds. The fraction of sp³-hybridized carbons (Fsp3) is 0.278. The minimum atomic E-state index is -1.20. The van der Waals surface area contributed by atoms with Crippen molar-refractivity contribution in [1.82, 2.24) is 9.97 Å². The molecule has 6 nitrogen and oxygen atoms in total. The van der Waals surface area contributed by atoms with Crippen LogP contribution in [0.5, 0.6) is 0 Å². The maximum atomic E-state index is 12.3. The van der Waals surface area contributed by atoms with Crippen molar-refractivity contribution >= 4 is 27.5 Å². The number of H-pyrrole nitrogens is 1. The average molecular weight is 375 g/mol. The minimum Gasteiger partial charge on any atom is -0.475 e. The number of aromatic carboxylic acids is 1. The summed E-state index contributed by atoms with van der Waals surface area (Å²) in [5, 5.41) is 9.37. The third-order valence-corrected chi connectivity index (χ3v) is 5.36. The number of fused-ring (bicyclic) bond motifs is 3. The van der Waals surface area contributed by atoms with Crippen molar-refractivity contribution in [2.75, 3.05) is 0 Å². The van der Waals surface area contributed by atoms with Crippen LogP contribution in [0.15, 0.2) is 29.1 Å². The highest BCUT2D eigenvalue weighted by atomic mass is 32.1. The van der Waals surface area contributed by atoms with Crippen LogP contribution in [-0.2, 0) is 12.8 Å². The van der Waals surface area contributed by atoms with Gasteiger partial charge < -0.3 is 15.8 Å². The highest BCUT2D eigenvalue weighted by Crippen LogP contribution is 2.34. The molecule has 0 unspecified atom stereocenters. The molecule has 0 radical (unpaired) electrons. The van der Waals surface area contributed by atoms with Crippen LogP contribution in [0.3, 0.4) is 0 Å². The van der Waals surface area contributed by atoms with Crippen molar-refractivity contribution in [3.63, 3.8) is 0 Å². The molecule has 4 rings (SSSR count). The number of rotatable bonds is 2. The average Bonchev–Trinajstić information content (AvgIpc) is 3.16. The van der Waals surface area contributed by atoms with Gasteiger partial charge in [-0.25, -0.2) is 14.2 Å². The quantitative estimate of drug-likeness (QED) is 0.638. The van der Waals surface area contributed by atoms with E-state index < -0.39 is 5.97 Å². The Morgan fingerprint density at radius 1 is 1.35 bits per heavy atom. The summed E-state index contributed by atoms with van der Waals surface area (Å²) in [6.45, 7) is 1.87. The lowest BCUT2D eigenvalue weighted by Gasteiger charge is -2.02. The predicted molar refractivity (Wildman–Crippen MR) is 98.2 cm³/mol. The Hall–Kier alpha value is -2.58. The molecule has 136 valence electrons. The van der Waals surface area contributed by atoms with Crippen LogP contribution in [0, 0.1) is 5.82 Å². The van der Waals surface area contributed by atoms with Crippen LogP contribution >= 0.6 is 11.3 Å². The van der Waals surface area contributed by atoms with Crippen molar-refractivity contribution in [1.29, 1.82) is 0 Å². The van der Waals surface area contributed by atoms with Crippen LogP contribution in [-0.4, -0.2) is 21.0 Å². The number of nitrogens with zero attached hydrogens (tertiary/aromatic N) is 1. The summed E-state index contributed by atoms with van der Waals surface area (Å²) in [5.74, 6) is -1.70. The van der Waals surface area contributed by atoms with Gasteiger partial charge in [-0.05, 0) is 49.4 Å². The number of nitrogens with one attached hydrogen (secondary N) is 1. The number of aromatic nitrogens is 2. The number of hydrogen-bond acceptors (Lipinski definition) is 5. The Labute approximate surface area is 152 Å². The van der Waals surface area contributed by atoms with E-state index in [4.69, 9.17) is 10.8 Å². The molecule has 0 bridgehead atoms. The molecule has 1 aliphatic carbocycles. The van der Waals surface area contributed by atoms with Crippen molar-refractivity contribution in [3.8, 4) is 0 Å². The maximum absolute atomic E-state index is 12.3. The highest BCUT2D eigenvalue weighted by molar-refractivity contribution is 7.18. The summed E-state index contributed by atoms with van der Waals surface area (Å²) in [6, 6.07) is 6.21. The molecule has 0 saturated heterocycles. The Morgan fingerprint density at radius 2 is 2.04 bits per heavy atom. The van der Waals surface area contributed by atoms with Gasteiger partial charge in [-0.15, -0.1) is 11.3 Å². The van der Waals surface area contributed by atoms with Crippen molar-refractivity contribution in [2.24, 2.45) is 5.73 Å². The molecule has 1 aliphatic rings. The molecule has 0 fully saturated rings. The first-order chi connectivity index (χ1) is 12.4. The fourth-order valence-electron chi connectivity index (χ4n) is 2.87. The number of benzene rings is 1. The molecule has 4 N–H and O–H groups in total. The molecule has 0 saturated carbocycles. The van der Waals surface area contributed by atoms with Crippen LogP contribution < -0.4 is 11.3 Å². The van der Waals surface area contributed by atoms with Gasteiger partial charge in [-0.1, -0.05) is 12.1 Å².